The van der Waals surface area contributed by atoms with Crippen molar-refractivity contribution in [2.45, 2.75) is 31.6 Å². The third kappa shape index (κ3) is 3.13. The summed E-state index contributed by atoms with van der Waals surface area (Å²) in [5.74, 6) is -0.324. The molecule has 0 spiro atoms. The molecule has 1 aromatic rings. The van der Waals surface area contributed by atoms with Crippen LogP contribution in [0.2, 0.25) is 0 Å². The minimum atomic E-state index is -0.615. The van der Waals surface area contributed by atoms with Gasteiger partial charge in [-0.1, -0.05) is 25.1 Å². The van der Waals surface area contributed by atoms with Crippen LogP contribution in [0.3, 0.4) is 0 Å². The van der Waals surface area contributed by atoms with Crippen LogP contribution in [-0.2, 0) is 10.2 Å². The first kappa shape index (κ1) is 14.0. The maximum atomic E-state index is 13.8. The molecule has 1 aliphatic rings. The van der Waals surface area contributed by atoms with E-state index in [1.165, 1.54) is 6.07 Å². The maximum Gasteiger partial charge on any atom is 0.230 e. The number of halogens is 1. The van der Waals surface area contributed by atoms with Gasteiger partial charge in [0.15, 0.2) is 0 Å². The van der Waals surface area contributed by atoms with Gasteiger partial charge in [0.25, 0.3) is 0 Å². The van der Waals surface area contributed by atoms with Crippen LogP contribution in [0.5, 0.6) is 0 Å². The van der Waals surface area contributed by atoms with Gasteiger partial charge in [-0.2, -0.15) is 0 Å². The summed E-state index contributed by atoms with van der Waals surface area (Å²) in [5, 5.41) is 6.13. The van der Waals surface area contributed by atoms with Crippen molar-refractivity contribution in [3.63, 3.8) is 0 Å². The topological polar surface area (TPSA) is 41.1 Å². The van der Waals surface area contributed by atoms with Crippen molar-refractivity contribution in [1.29, 1.82) is 0 Å². The van der Waals surface area contributed by atoms with Crippen LogP contribution in [-0.4, -0.2) is 25.5 Å². The van der Waals surface area contributed by atoms with E-state index in [4.69, 9.17) is 0 Å². The first-order valence-electron chi connectivity index (χ1n) is 6.95. The van der Waals surface area contributed by atoms with Gasteiger partial charge < -0.3 is 10.6 Å². The number of carbonyl (C=O) groups is 1. The highest BCUT2D eigenvalue weighted by Crippen LogP contribution is 2.49. The Morgan fingerprint density at radius 1 is 1.26 bits per heavy atom. The molecule has 2 N–H and O–H groups in total. The van der Waals surface area contributed by atoms with E-state index in [0.717, 1.165) is 32.4 Å². The van der Waals surface area contributed by atoms with Crippen LogP contribution >= 0.6 is 0 Å². The lowest BCUT2D eigenvalue weighted by molar-refractivity contribution is -0.123. The van der Waals surface area contributed by atoms with Crippen molar-refractivity contribution < 1.29 is 9.18 Å². The van der Waals surface area contributed by atoms with Crippen molar-refractivity contribution in [3.05, 3.63) is 35.6 Å². The molecule has 0 saturated heterocycles. The maximum absolute atomic E-state index is 13.8. The standard InChI is InChI=1S/C15H21FN2O/c1-2-9-17-10-11-18-14(19)15(7-8-15)12-5-3-4-6-13(12)16/h3-6,17H,2,7-11H2,1H3,(H,18,19). The van der Waals surface area contributed by atoms with Crippen molar-refractivity contribution in [3.8, 4) is 0 Å². The summed E-state index contributed by atoms with van der Waals surface area (Å²) >= 11 is 0. The first-order chi connectivity index (χ1) is 9.20. The highest BCUT2D eigenvalue weighted by molar-refractivity contribution is 5.91. The quantitative estimate of drug-likeness (QED) is 0.739. The fourth-order valence-electron chi connectivity index (χ4n) is 2.33. The molecular weight excluding hydrogens is 243 g/mol. The summed E-state index contributed by atoms with van der Waals surface area (Å²) in [6.07, 6.45) is 2.55. The molecule has 1 fully saturated rings. The van der Waals surface area contributed by atoms with Gasteiger partial charge in [0.1, 0.15) is 5.82 Å². The second-order valence-electron chi connectivity index (χ2n) is 5.07. The lowest BCUT2D eigenvalue weighted by Crippen LogP contribution is -2.39. The summed E-state index contributed by atoms with van der Waals surface area (Å²) in [5.41, 5.74) is -0.0789. The Kier molecular flexibility index (Phi) is 4.53. The SMILES string of the molecule is CCCNCCNC(=O)C1(c2ccccc2F)CC1. The highest BCUT2D eigenvalue weighted by Gasteiger charge is 2.52. The summed E-state index contributed by atoms with van der Waals surface area (Å²) in [6, 6.07) is 6.58. The molecule has 0 heterocycles. The van der Waals surface area contributed by atoms with Crippen LogP contribution in [0.15, 0.2) is 24.3 Å². The Morgan fingerprint density at radius 2 is 2.00 bits per heavy atom. The van der Waals surface area contributed by atoms with E-state index >= 15 is 0 Å². The Hall–Kier alpha value is -1.42. The van der Waals surface area contributed by atoms with Gasteiger partial charge in [-0.05, 0) is 31.9 Å². The molecule has 0 atom stereocenters. The average molecular weight is 264 g/mol. The number of benzene rings is 1. The third-order valence-electron chi connectivity index (χ3n) is 3.59. The van der Waals surface area contributed by atoms with Crippen LogP contribution < -0.4 is 10.6 Å². The monoisotopic (exact) mass is 264 g/mol. The number of nitrogens with one attached hydrogen (secondary N) is 2. The van der Waals surface area contributed by atoms with Crippen LogP contribution in [0.1, 0.15) is 31.7 Å². The molecule has 0 radical (unpaired) electrons. The summed E-state index contributed by atoms with van der Waals surface area (Å²) in [7, 11) is 0. The second kappa shape index (κ2) is 6.15. The minimum absolute atomic E-state index is 0.0455. The number of rotatable bonds is 7. The van der Waals surface area contributed by atoms with Crippen molar-refractivity contribution in [2.24, 2.45) is 0 Å². The number of carbonyl (C=O) groups excluding carboxylic acids is 1. The van der Waals surface area contributed by atoms with Crippen molar-refractivity contribution >= 4 is 5.91 Å². The summed E-state index contributed by atoms with van der Waals surface area (Å²) in [4.78, 5) is 12.2. The molecule has 0 aliphatic heterocycles. The Bertz CT molecular complexity index is 444. The molecular formula is C15H21FN2O. The zero-order valence-electron chi connectivity index (χ0n) is 11.3. The normalized spacial score (nSPS) is 16.1. The lowest BCUT2D eigenvalue weighted by Gasteiger charge is -2.16. The largest absolute Gasteiger partial charge is 0.354 e. The van der Waals surface area contributed by atoms with E-state index in [-0.39, 0.29) is 11.7 Å². The fourth-order valence-corrected chi connectivity index (χ4v) is 2.33. The van der Waals surface area contributed by atoms with E-state index in [1.54, 1.807) is 18.2 Å². The van der Waals surface area contributed by atoms with E-state index in [9.17, 15) is 9.18 Å². The van der Waals surface area contributed by atoms with Gasteiger partial charge in [0.2, 0.25) is 5.91 Å². The van der Waals surface area contributed by atoms with Crippen molar-refractivity contribution in [1.82, 2.24) is 10.6 Å². The van der Waals surface area contributed by atoms with Gasteiger partial charge in [0.05, 0.1) is 5.41 Å². The minimum Gasteiger partial charge on any atom is -0.354 e. The summed E-state index contributed by atoms with van der Waals surface area (Å²) < 4.78 is 13.8. The molecule has 4 heteroatoms. The Balaban J connectivity index is 1.90. The average Bonchev–Trinajstić information content (AvgIpc) is 3.20. The third-order valence-corrected chi connectivity index (χ3v) is 3.59. The molecule has 0 unspecified atom stereocenters. The molecule has 1 amide bonds. The van der Waals surface area contributed by atoms with Crippen LogP contribution in [0.25, 0.3) is 0 Å². The predicted molar refractivity (Wildman–Crippen MR) is 73.5 cm³/mol. The Labute approximate surface area is 113 Å². The summed E-state index contributed by atoms with van der Waals surface area (Å²) in [6.45, 7) is 4.40. The molecule has 1 saturated carbocycles. The lowest BCUT2D eigenvalue weighted by atomic mass is 9.94. The van der Waals surface area contributed by atoms with Gasteiger partial charge in [-0.15, -0.1) is 0 Å². The zero-order valence-corrected chi connectivity index (χ0v) is 11.3. The van der Waals surface area contributed by atoms with Gasteiger partial charge >= 0.3 is 0 Å². The van der Waals surface area contributed by atoms with Gasteiger partial charge in [-0.25, -0.2) is 4.39 Å². The number of amides is 1. The fraction of sp³-hybridized carbons (Fsp3) is 0.533. The smallest absolute Gasteiger partial charge is 0.230 e. The van der Waals surface area contributed by atoms with Gasteiger partial charge in [0, 0.05) is 18.7 Å². The molecule has 0 aromatic heterocycles. The molecule has 0 bridgehead atoms. The van der Waals surface area contributed by atoms with Crippen LogP contribution in [0, 0.1) is 5.82 Å². The second-order valence-corrected chi connectivity index (χ2v) is 5.07. The Morgan fingerprint density at radius 3 is 2.63 bits per heavy atom. The number of hydrogen-bond donors (Lipinski definition) is 2. The molecule has 1 aliphatic carbocycles. The van der Waals surface area contributed by atoms with Crippen LogP contribution in [0.4, 0.5) is 4.39 Å². The predicted octanol–water partition coefficient (Wildman–Crippen LogP) is 1.97. The number of hydrogen-bond acceptors (Lipinski definition) is 2. The van der Waals surface area contributed by atoms with Gasteiger partial charge in [-0.3, -0.25) is 4.79 Å². The van der Waals surface area contributed by atoms with E-state index in [1.807, 2.05) is 0 Å². The van der Waals surface area contributed by atoms with E-state index < -0.39 is 5.41 Å². The van der Waals surface area contributed by atoms with E-state index in [2.05, 4.69) is 17.6 Å². The molecule has 2 rings (SSSR count). The zero-order chi connectivity index (χ0) is 13.7. The van der Waals surface area contributed by atoms with Crippen molar-refractivity contribution in [2.75, 3.05) is 19.6 Å². The highest BCUT2D eigenvalue weighted by atomic mass is 19.1. The molecule has 104 valence electrons. The molecule has 3 nitrogen and oxygen atoms in total. The van der Waals surface area contributed by atoms with E-state index in [0.29, 0.717) is 12.1 Å². The molecule has 19 heavy (non-hydrogen) atoms. The molecule has 1 aromatic carbocycles. The first-order valence-corrected chi connectivity index (χ1v) is 6.95.